The molecule has 0 radical (unpaired) electrons. The Balaban J connectivity index is 2.10. The van der Waals surface area contributed by atoms with Gasteiger partial charge in [0, 0.05) is 39.1 Å². The van der Waals surface area contributed by atoms with Crippen molar-refractivity contribution >= 4 is 6.09 Å². The smallest absolute Gasteiger partial charge is 0.433 e. The van der Waals surface area contributed by atoms with Gasteiger partial charge >= 0.3 is 12.3 Å². The van der Waals surface area contributed by atoms with E-state index in [1.165, 1.54) is 18.1 Å². The van der Waals surface area contributed by atoms with Gasteiger partial charge in [-0.05, 0) is 11.6 Å². The number of rotatable bonds is 4. The van der Waals surface area contributed by atoms with Crippen LogP contribution in [0.1, 0.15) is 24.1 Å². The first kappa shape index (κ1) is 17.3. The zero-order valence-electron chi connectivity index (χ0n) is 12.5. The lowest BCUT2D eigenvalue weighted by atomic mass is 10.1. The Bertz CT molecular complexity index is 557. The molecular weight excluding hydrogens is 317 g/mol. The Hall–Kier alpha value is -2.03. The van der Waals surface area contributed by atoms with Gasteiger partial charge in [-0.25, -0.2) is 9.78 Å². The molecule has 1 amide bonds. The number of pyridine rings is 1. The highest BCUT2D eigenvalue weighted by Gasteiger charge is 2.34. The van der Waals surface area contributed by atoms with Crippen LogP contribution in [0.4, 0.5) is 18.0 Å². The minimum atomic E-state index is -4.57. The number of likely N-dealkylation sites (tertiary alicyclic amines) is 1. The van der Waals surface area contributed by atoms with Gasteiger partial charge in [0.15, 0.2) is 0 Å². The van der Waals surface area contributed by atoms with Gasteiger partial charge in [-0.15, -0.1) is 0 Å². The molecule has 0 saturated carbocycles. The summed E-state index contributed by atoms with van der Waals surface area (Å²) in [5.74, 6) is -0.124. The summed E-state index contributed by atoms with van der Waals surface area (Å²) in [5, 5.41) is 8.87. The molecule has 23 heavy (non-hydrogen) atoms. The van der Waals surface area contributed by atoms with Crippen LogP contribution in [0.5, 0.6) is 5.88 Å². The monoisotopic (exact) mass is 334 g/mol. The molecule has 1 fully saturated rings. The number of alkyl halides is 3. The van der Waals surface area contributed by atoms with Crippen LogP contribution in [0, 0.1) is 0 Å². The average Bonchev–Trinajstić information content (AvgIpc) is 2.47. The first-order valence-electron chi connectivity index (χ1n) is 7.01. The summed E-state index contributed by atoms with van der Waals surface area (Å²) in [5.41, 5.74) is -0.724. The number of piperidine rings is 1. The molecule has 1 aromatic heterocycles. The third kappa shape index (κ3) is 4.72. The van der Waals surface area contributed by atoms with Crippen molar-refractivity contribution in [1.29, 1.82) is 0 Å². The Morgan fingerprint density at radius 2 is 2.04 bits per heavy atom. The molecule has 0 bridgehead atoms. The van der Waals surface area contributed by atoms with Crippen LogP contribution in [0.15, 0.2) is 12.1 Å². The second-order valence-corrected chi connectivity index (χ2v) is 5.22. The molecule has 0 atom stereocenters. The summed E-state index contributed by atoms with van der Waals surface area (Å²) in [7, 11) is 1.38. The molecule has 0 aromatic carbocycles. The van der Waals surface area contributed by atoms with E-state index in [-0.39, 0.29) is 31.7 Å². The SMILES string of the molecule is COCc1cc(OC2CCN(C(=O)O)CC2)nc(C(F)(F)F)c1. The lowest BCUT2D eigenvalue weighted by Crippen LogP contribution is -2.41. The second kappa shape index (κ2) is 7.03. The summed E-state index contributed by atoms with van der Waals surface area (Å²) in [6, 6.07) is 2.33. The van der Waals surface area contributed by atoms with Gasteiger partial charge in [0.05, 0.1) is 6.61 Å². The highest BCUT2D eigenvalue weighted by molar-refractivity contribution is 5.65. The van der Waals surface area contributed by atoms with Crippen molar-refractivity contribution in [3.05, 3.63) is 23.4 Å². The van der Waals surface area contributed by atoms with E-state index in [9.17, 15) is 18.0 Å². The van der Waals surface area contributed by atoms with Gasteiger partial charge < -0.3 is 19.5 Å². The quantitative estimate of drug-likeness (QED) is 0.917. The van der Waals surface area contributed by atoms with Gasteiger partial charge in [-0.2, -0.15) is 13.2 Å². The van der Waals surface area contributed by atoms with Crippen LogP contribution in [-0.4, -0.2) is 47.4 Å². The van der Waals surface area contributed by atoms with E-state index in [2.05, 4.69) is 4.98 Å². The fourth-order valence-electron chi connectivity index (χ4n) is 2.35. The number of hydrogen-bond acceptors (Lipinski definition) is 4. The highest BCUT2D eigenvalue weighted by atomic mass is 19.4. The number of nitrogens with zero attached hydrogens (tertiary/aromatic N) is 2. The molecule has 1 saturated heterocycles. The summed E-state index contributed by atoms with van der Waals surface area (Å²) in [4.78, 5) is 15.6. The van der Waals surface area contributed by atoms with E-state index >= 15 is 0 Å². The van der Waals surface area contributed by atoms with E-state index < -0.39 is 18.0 Å². The van der Waals surface area contributed by atoms with Crippen molar-refractivity contribution in [1.82, 2.24) is 9.88 Å². The maximum atomic E-state index is 12.9. The predicted molar refractivity (Wildman–Crippen MR) is 73.2 cm³/mol. The van der Waals surface area contributed by atoms with Gasteiger partial charge in [-0.3, -0.25) is 0 Å². The van der Waals surface area contributed by atoms with E-state index in [0.717, 1.165) is 6.07 Å². The lowest BCUT2D eigenvalue weighted by Gasteiger charge is -2.30. The van der Waals surface area contributed by atoms with Crippen LogP contribution >= 0.6 is 0 Å². The maximum absolute atomic E-state index is 12.9. The normalized spacial score (nSPS) is 16.4. The molecule has 1 aromatic rings. The Kier molecular flexibility index (Phi) is 5.30. The summed E-state index contributed by atoms with van der Waals surface area (Å²) in [6.45, 7) is 0.577. The van der Waals surface area contributed by atoms with E-state index in [0.29, 0.717) is 18.4 Å². The van der Waals surface area contributed by atoms with Crippen LogP contribution in [-0.2, 0) is 17.5 Å². The molecular formula is C14H17F3N2O4. The van der Waals surface area contributed by atoms with Crippen molar-refractivity contribution in [3.8, 4) is 5.88 Å². The molecule has 9 heteroatoms. The van der Waals surface area contributed by atoms with Gasteiger partial charge in [0.25, 0.3) is 0 Å². The maximum Gasteiger partial charge on any atom is 0.433 e. The first-order valence-corrected chi connectivity index (χ1v) is 7.01. The van der Waals surface area contributed by atoms with E-state index in [4.69, 9.17) is 14.6 Å². The number of methoxy groups -OCH3 is 1. The number of halogens is 3. The molecule has 6 nitrogen and oxygen atoms in total. The Morgan fingerprint density at radius 1 is 1.39 bits per heavy atom. The third-order valence-electron chi connectivity index (χ3n) is 3.46. The topological polar surface area (TPSA) is 71.9 Å². The molecule has 1 aliphatic heterocycles. The molecule has 2 heterocycles. The van der Waals surface area contributed by atoms with Crippen molar-refractivity contribution in [2.45, 2.75) is 31.7 Å². The van der Waals surface area contributed by atoms with Crippen molar-refractivity contribution in [2.75, 3.05) is 20.2 Å². The predicted octanol–water partition coefficient (Wildman–Crippen LogP) is 2.77. The first-order chi connectivity index (χ1) is 10.8. The minimum absolute atomic E-state index is 0.0133. The number of ether oxygens (including phenoxy) is 2. The van der Waals surface area contributed by atoms with Crippen LogP contribution < -0.4 is 4.74 Å². The Labute approximate surface area is 130 Å². The molecule has 0 unspecified atom stereocenters. The van der Waals surface area contributed by atoms with Gasteiger partial charge in [0.2, 0.25) is 5.88 Å². The lowest BCUT2D eigenvalue weighted by molar-refractivity contribution is -0.141. The van der Waals surface area contributed by atoms with Crippen molar-refractivity contribution in [2.24, 2.45) is 0 Å². The fourth-order valence-corrected chi connectivity index (χ4v) is 2.35. The largest absolute Gasteiger partial charge is 0.474 e. The number of carboxylic acid groups (broad SMARTS) is 1. The number of aromatic nitrogens is 1. The van der Waals surface area contributed by atoms with Crippen LogP contribution in [0.3, 0.4) is 0 Å². The van der Waals surface area contributed by atoms with Gasteiger partial charge in [-0.1, -0.05) is 0 Å². The third-order valence-corrected chi connectivity index (χ3v) is 3.46. The zero-order chi connectivity index (χ0) is 17.0. The van der Waals surface area contributed by atoms with E-state index in [1.54, 1.807) is 0 Å². The molecule has 128 valence electrons. The van der Waals surface area contributed by atoms with Gasteiger partial charge in [0.1, 0.15) is 11.8 Å². The average molecular weight is 334 g/mol. The number of hydrogen-bond donors (Lipinski definition) is 1. The van der Waals surface area contributed by atoms with Crippen LogP contribution in [0.25, 0.3) is 0 Å². The second-order valence-electron chi connectivity index (χ2n) is 5.22. The molecule has 1 aliphatic rings. The zero-order valence-corrected chi connectivity index (χ0v) is 12.5. The summed E-state index contributed by atoms with van der Waals surface area (Å²) < 4.78 is 49.0. The highest BCUT2D eigenvalue weighted by Crippen LogP contribution is 2.31. The van der Waals surface area contributed by atoms with Crippen LogP contribution in [0.2, 0.25) is 0 Å². The number of carbonyl (C=O) groups is 1. The van der Waals surface area contributed by atoms with Crippen molar-refractivity contribution in [3.63, 3.8) is 0 Å². The molecule has 0 aliphatic carbocycles. The summed E-state index contributed by atoms with van der Waals surface area (Å²) in [6.07, 6.45) is -5.14. The van der Waals surface area contributed by atoms with Crippen molar-refractivity contribution < 1.29 is 32.5 Å². The molecule has 1 N–H and O–H groups in total. The fraction of sp³-hybridized carbons (Fsp3) is 0.571. The van der Waals surface area contributed by atoms with E-state index in [1.807, 2.05) is 0 Å². The summed E-state index contributed by atoms with van der Waals surface area (Å²) >= 11 is 0. The molecule has 2 rings (SSSR count). The Morgan fingerprint density at radius 3 is 2.57 bits per heavy atom. The molecule has 0 spiro atoms. The minimum Gasteiger partial charge on any atom is -0.474 e. The number of amides is 1. The standard InChI is InChI=1S/C14H17F3N2O4/c1-22-8-9-6-11(14(15,16)17)18-12(7-9)23-10-2-4-19(5-3-10)13(20)21/h6-7,10H,2-5,8H2,1H3,(H,20,21).